The van der Waals surface area contributed by atoms with Gasteiger partial charge in [0.25, 0.3) is 0 Å². The van der Waals surface area contributed by atoms with Crippen molar-refractivity contribution in [3.63, 3.8) is 0 Å². The molecule has 3 fully saturated rings. The zero-order valence-electron chi connectivity index (χ0n) is 12.5. The van der Waals surface area contributed by atoms with Gasteiger partial charge in [-0.15, -0.1) is 0 Å². The van der Waals surface area contributed by atoms with Crippen molar-refractivity contribution in [2.75, 3.05) is 46.9 Å². The first-order chi connectivity index (χ1) is 9.28. The van der Waals surface area contributed by atoms with Gasteiger partial charge in [-0.2, -0.15) is 0 Å². The van der Waals surface area contributed by atoms with E-state index in [9.17, 15) is 0 Å². The van der Waals surface area contributed by atoms with Gasteiger partial charge in [0.1, 0.15) is 0 Å². The molecule has 0 saturated carbocycles. The fraction of sp³-hybridized carbons (Fsp3) is 1.00. The van der Waals surface area contributed by atoms with Crippen LogP contribution in [0.3, 0.4) is 0 Å². The number of nitrogens with zero attached hydrogens (tertiary/aromatic N) is 2. The summed E-state index contributed by atoms with van der Waals surface area (Å²) >= 11 is 0. The Bertz CT molecular complexity index is 293. The Labute approximate surface area is 117 Å². The van der Waals surface area contributed by atoms with E-state index < -0.39 is 0 Å². The van der Waals surface area contributed by atoms with E-state index >= 15 is 0 Å². The van der Waals surface area contributed by atoms with Gasteiger partial charge in [0.05, 0.1) is 6.61 Å². The van der Waals surface area contributed by atoms with Crippen molar-refractivity contribution in [1.82, 2.24) is 15.1 Å². The molecule has 0 aromatic heterocycles. The number of ether oxygens (including phenoxy) is 1. The first-order valence-corrected chi connectivity index (χ1v) is 7.97. The van der Waals surface area contributed by atoms with Gasteiger partial charge in [-0.25, -0.2) is 0 Å². The van der Waals surface area contributed by atoms with Gasteiger partial charge in [0, 0.05) is 43.7 Å². The number of nitrogens with one attached hydrogen (secondary N) is 1. The van der Waals surface area contributed by atoms with Crippen molar-refractivity contribution in [3.8, 4) is 0 Å². The van der Waals surface area contributed by atoms with E-state index in [-0.39, 0.29) is 0 Å². The molecule has 2 bridgehead atoms. The van der Waals surface area contributed by atoms with E-state index in [1.165, 1.54) is 45.3 Å². The van der Waals surface area contributed by atoms with Crippen LogP contribution in [-0.2, 0) is 4.74 Å². The van der Waals surface area contributed by atoms with Crippen LogP contribution in [0.5, 0.6) is 0 Å². The second kappa shape index (κ2) is 6.08. The Morgan fingerprint density at radius 2 is 2.05 bits per heavy atom. The largest absolute Gasteiger partial charge is 0.381 e. The Morgan fingerprint density at radius 3 is 2.79 bits per heavy atom. The molecule has 4 heteroatoms. The molecule has 3 saturated heterocycles. The average Bonchev–Trinajstić information content (AvgIpc) is 2.99. The second-order valence-corrected chi connectivity index (χ2v) is 6.62. The van der Waals surface area contributed by atoms with Crippen molar-refractivity contribution in [3.05, 3.63) is 0 Å². The van der Waals surface area contributed by atoms with Crippen LogP contribution in [0.2, 0.25) is 0 Å². The lowest BCUT2D eigenvalue weighted by molar-refractivity contribution is 0.157. The fourth-order valence-corrected chi connectivity index (χ4v) is 4.17. The molecule has 0 spiro atoms. The predicted octanol–water partition coefficient (Wildman–Crippen LogP) is 0.779. The lowest BCUT2D eigenvalue weighted by Crippen LogP contribution is -2.47. The SMILES string of the molecule is CNC(CN1CCC2CCC(C1)N2C)C1CCOC1. The van der Waals surface area contributed by atoms with Crippen LogP contribution < -0.4 is 5.32 Å². The minimum Gasteiger partial charge on any atom is -0.381 e. The van der Waals surface area contributed by atoms with Gasteiger partial charge >= 0.3 is 0 Å². The van der Waals surface area contributed by atoms with Crippen LogP contribution >= 0.6 is 0 Å². The highest BCUT2D eigenvalue weighted by atomic mass is 16.5. The Kier molecular flexibility index (Phi) is 4.42. The van der Waals surface area contributed by atoms with E-state index in [4.69, 9.17) is 4.74 Å². The summed E-state index contributed by atoms with van der Waals surface area (Å²) < 4.78 is 5.55. The van der Waals surface area contributed by atoms with E-state index in [1.54, 1.807) is 0 Å². The zero-order chi connectivity index (χ0) is 13.2. The molecule has 4 unspecified atom stereocenters. The topological polar surface area (TPSA) is 27.7 Å². The molecule has 0 radical (unpaired) electrons. The van der Waals surface area contributed by atoms with Gasteiger partial charge in [0.2, 0.25) is 0 Å². The molecule has 0 aromatic carbocycles. The van der Waals surface area contributed by atoms with Gasteiger partial charge in [-0.3, -0.25) is 4.90 Å². The summed E-state index contributed by atoms with van der Waals surface area (Å²) in [6, 6.07) is 2.24. The molecule has 19 heavy (non-hydrogen) atoms. The maximum atomic E-state index is 5.55. The molecule has 0 aliphatic carbocycles. The highest BCUT2D eigenvalue weighted by Crippen LogP contribution is 2.29. The van der Waals surface area contributed by atoms with E-state index in [1.807, 2.05) is 0 Å². The number of fused-ring (bicyclic) bond motifs is 2. The van der Waals surface area contributed by atoms with Crippen LogP contribution in [0.1, 0.15) is 25.7 Å². The summed E-state index contributed by atoms with van der Waals surface area (Å²) in [6.07, 6.45) is 5.39. The van der Waals surface area contributed by atoms with Crippen LogP contribution in [-0.4, -0.2) is 74.9 Å². The lowest BCUT2D eigenvalue weighted by Gasteiger charge is -2.31. The normalized spacial score (nSPS) is 38.5. The van der Waals surface area contributed by atoms with E-state index in [2.05, 4.69) is 29.2 Å². The van der Waals surface area contributed by atoms with Crippen molar-refractivity contribution in [2.45, 2.75) is 43.8 Å². The summed E-state index contributed by atoms with van der Waals surface area (Å²) in [5.41, 5.74) is 0. The third kappa shape index (κ3) is 2.97. The fourth-order valence-electron chi connectivity index (χ4n) is 4.17. The summed E-state index contributed by atoms with van der Waals surface area (Å²) in [5.74, 6) is 0.711. The molecule has 3 aliphatic rings. The van der Waals surface area contributed by atoms with E-state index in [0.717, 1.165) is 25.3 Å². The van der Waals surface area contributed by atoms with Crippen LogP contribution in [0.25, 0.3) is 0 Å². The molecule has 4 atom stereocenters. The molecular weight excluding hydrogens is 238 g/mol. The number of likely N-dealkylation sites (tertiary alicyclic amines) is 1. The number of rotatable bonds is 4. The molecule has 0 aromatic rings. The Hall–Kier alpha value is -0.160. The van der Waals surface area contributed by atoms with Gasteiger partial charge in [0.15, 0.2) is 0 Å². The van der Waals surface area contributed by atoms with Crippen LogP contribution in [0.4, 0.5) is 0 Å². The van der Waals surface area contributed by atoms with Crippen LogP contribution in [0.15, 0.2) is 0 Å². The first-order valence-electron chi connectivity index (χ1n) is 7.97. The summed E-state index contributed by atoms with van der Waals surface area (Å²) in [4.78, 5) is 5.33. The molecule has 110 valence electrons. The molecule has 3 aliphatic heterocycles. The molecule has 3 rings (SSSR count). The molecule has 1 N–H and O–H groups in total. The van der Waals surface area contributed by atoms with Gasteiger partial charge < -0.3 is 15.0 Å². The number of likely N-dealkylation sites (N-methyl/N-ethyl adjacent to an activating group) is 2. The molecule has 4 nitrogen and oxygen atoms in total. The number of hydrogen-bond donors (Lipinski definition) is 1. The quantitative estimate of drug-likeness (QED) is 0.815. The Balaban J connectivity index is 1.56. The highest BCUT2D eigenvalue weighted by Gasteiger charge is 2.35. The average molecular weight is 267 g/mol. The summed E-state index contributed by atoms with van der Waals surface area (Å²) in [5, 5.41) is 3.53. The maximum Gasteiger partial charge on any atom is 0.0510 e. The smallest absolute Gasteiger partial charge is 0.0510 e. The lowest BCUT2D eigenvalue weighted by atomic mass is 9.98. The van der Waals surface area contributed by atoms with E-state index in [0.29, 0.717) is 12.0 Å². The van der Waals surface area contributed by atoms with Crippen molar-refractivity contribution in [1.29, 1.82) is 0 Å². The predicted molar refractivity (Wildman–Crippen MR) is 77.4 cm³/mol. The zero-order valence-corrected chi connectivity index (χ0v) is 12.5. The minimum absolute atomic E-state index is 0.601. The molecule has 0 amide bonds. The summed E-state index contributed by atoms with van der Waals surface area (Å²) in [6.45, 7) is 5.64. The Morgan fingerprint density at radius 1 is 1.21 bits per heavy atom. The van der Waals surface area contributed by atoms with Crippen LogP contribution in [0, 0.1) is 5.92 Å². The van der Waals surface area contributed by atoms with Crippen molar-refractivity contribution >= 4 is 0 Å². The highest BCUT2D eigenvalue weighted by molar-refractivity contribution is 4.92. The minimum atomic E-state index is 0.601. The maximum absolute atomic E-state index is 5.55. The number of hydrogen-bond acceptors (Lipinski definition) is 4. The third-order valence-electron chi connectivity index (χ3n) is 5.59. The second-order valence-electron chi connectivity index (χ2n) is 6.62. The monoisotopic (exact) mass is 267 g/mol. The third-order valence-corrected chi connectivity index (χ3v) is 5.59. The van der Waals surface area contributed by atoms with Gasteiger partial charge in [-0.1, -0.05) is 0 Å². The van der Waals surface area contributed by atoms with Crippen molar-refractivity contribution < 1.29 is 4.74 Å². The summed E-state index contributed by atoms with van der Waals surface area (Å²) in [7, 11) is 4.44. The molecular formula is C15H29N3O. The standard InChI is InChI=1S/C15H29N3O/c1-16-15(12-6-8-19-11-12)10-18-7-5-13-3-4-14(9-18)17(13)2/h12-16H,3-11H2,1-2H3. The van der Waals surface area contributed by atoms with Gasteiger partial charge in [-0.05, 0) is 46.3 Å². The molecule has 3 heterocycles. The first kappa shape index (κ1) is 13.8. The van der Waals surface area contributed by atoms with Crippen molar-refractivity contribution in [2.24, 2.45) is 5.92 Å².